The summed E-state index contributed by atoms with van der Waals surface area (Å²) in [5, 5.41) is 12.5. The van der Waals surface area contributed by atoms with Crippen LogP contribution in [0.25, 0.3) is 42.4 Å². The zero-order valence-electron chi connectivity index (χ0n) is 24.0. The minimum atomic E-state index is -0.0505. The second-order valence-electron chi connectivity index (χ2n) is 12.4. The van der Waals surface area contributed by atoms with Crippen molar-refractivity contribution in [3.63, 3.8) is 0 Å². The van der Waals surface area contributed by atoms with Gasteiger partial charge in [0.05, 0.1) is 17.7 Å². The second-order valence-corrected chi connectivity index (χ2v) is 13.5. The summed E-state index contributed by atoms with van der Waals surface area (Å²) in [4.78, 5) is 2.47. The summed E-state index contributed by atoms with van der Waals surface area (Å²) in [7, 11) is 0. The average Bonchev–Trinajstić information content (AvgIpc) is 3.66. The molecule has 0 N–H and O–H groups in total. The molecule has 3 aliphatic rings. The van der Waals surface area contributed by atoms with Crippen molar-refractivity contribution in [1.82, 2.24) is 0 Å². The number of thiophene rings is 1. The third-order valence-electron chi connectivity index (χ3n) is 9.81. The van der Waals surface area contributed by atoms with E-state index in [0.717, 1.165) is 16.8 Å². The Morgan fingerprint density at radius 1 is 0.744 bits per heavy atom. The van der Waals surface area contributed by atoms with Crippen molar-refractivity contribution >= 4 is 42.9 Å². The SMILES string of the molecule is CC1(C)c2ccccc2-c2ccc3c(sc4ccc(-c5cc(C#N)ccc5N5c6ccccc6C6C=CC=CC65)cc43)c21. The molecule has 0 spiro atoms. The number of para-hydroxylation sites is 1. The summed E-state index contributed by atoms with van der Waals surface area (Å²) in [6, 6.07) is 37.9. The number of fused-ring (bicyclic) bond motifs is 10. The maximum atomic E-state index is 9.92. The van der Waals surface area contributed by atoms with Crippen molar-refractivity contribution in [1.29, 1.82) is 5.26 Å². The van der Waals surface area contributed by atoms with Crippen LogP contribution in [-0.2, 0) is 5.41 Å². The molecule has 9 rings (SSSR count). The first-order valence-electron chi connectivity index (χ1n) is 14.9. The van der Waals surface area contributed by atoms with E-state index in [4.69, 9.17) is 0 Å². The van der Waals surface area contributed by atoms with E-state index >= 15 is 0 Å². The Hall–Kier alpha value is -4.91. The molecular weight excluding hydrogens is 541 g/mol. The highest BCUT2D eigenvalue weighted by molar-refractivity contribution is 7.26. The van der Waals surface area contributed by atoms with Gasteiger partial charge in [-0.1, -0.05) is 98.8 Å². The zero-order chi connectivity index (χ0) is 28.9. The van der Waals surface area contributed by atoms with Gasteiger partial charge in [0.25, 0.3) is 0 Å². The first-order valence-corrected chi connectivity index (χ1v) is 15.7. The Bertz CT molecular complexity index is 2260. The van der Waals surface area contributed by atoms with Crippen LogP contribution in [0.3, 0.4) is 0 Å². The molecule has 2 atom stereocenters. The molecule has 0 fully saturated rings. The van der Waals surface area contributed by atoms with Gasteiger partial charge in [0.15, 0.2) is 0 Å². The van der Waals surface area contributed by atoms with E-state index in [-0.39, 0.29) is 11.5 Å². The highest BCUT2D eigenvalue weighted by atomic mass is 32.1. The van der Waals surface area contributed by atoms with E-state index < -0.39 is 0 Å². The Kier molecular flexibility index (Phi) is 5.05. The van der Waals surface area contributed by atoms with Gasteiger partial charge in [-0.25, -0.2) is 0 Å². The normalized spacial score (nSPS) is 18.9. The molecule has 0 amide bonds. The molecule has 0 radical (unpaired) electrons. The lowest BCUT2D eigenvalue weighted by Gasteiger charge is -2.30. The topological polar surface area (TPSA) is 27.0 Å². The van der Waals surface area contributed by atoms with Crippen LogP contribution >= 0.6 is 11.3 Å². The van der Waals surface area contributed by atoms with Crippen LogP contribution in [0.15, 0.2) is 121 Å². The summed E-state index contributed by atoms with van der Waals surface area (Å²) < 4.78 is 2.68. The van der Waals surface area contributed by atoms with Crippen LogP contribution in [-0.4, -0.2) is 6.04 Å². The van der Waals surface area contributed by atoms with Crippen LogP contribution < -0.4 is 4.90 Å². The van der Waals surface area contributed by atoms with Gasteiger partial charge < -0.3 is 4.90 Å². The molecule has 2 aliphatic carbocycles. The van der Waals surface area contributed by atoms with Crippen molar-refractivity contribution in [3.8, 4) is 28.3 Å². The summed E-state index contributed by atoms with van der Waals surface area (Å²) in [6.07, 6.45) is 8.94. The predicted octanol–water partition coefficient (Wildman–Crippen LogP) is 10.6. The number of anilines is 2. The second kappa shape index (κ2) is 8.80. The van der Waals surface area contributed by atoms with Crippen molar-refractivity contribution in [2.24, 2.45) is 0 Å². The Morgan fingerprint density at radius 2 is 1.58 bits per heavy atom. The van der Waals surface area contributed by atoms with Gasteiger partial charge in [0.2, 0.25) is 0 Å². The smallest absolute Gasteiger partial charge is 0.0991 e. The molecular formula is C40H28N2S. The average molecular weight is 569 g/mol. The fraction of sp³-hybridized carbons (Fsp3) is 0.125. The molecule has 2 unspecified atom stereocenters. The number of rotatable bonds is 2. The fourth-order valence-corrected chi connectivity index (χ4v) is 9.26. The van der Waals surface area contributed by atoms with Gasteiger partial charge in [-0.2, -0.15) is 5.26 Å². The van der Waals surface area contributed by atoms with Gasteiger partial charge in [-0.05, 0) is 69.8 Å². The first-order chi connectivity index (χ1) is 21.0. The summed E-state index contributed by atoms with van der Waals surface area (Å²) in [5.41, 5.74) is 12.1. The van der Waals surface area contributed by atoms with Crippen LogP contribution in [0, 0.1) is 11.3 Å². The molecule has 204 valence electrons. The maximum absolute atomic E-state index is 9.92. The van der Waals surface area contributed by atoms with Crippen molar-refractivity contribution in [2.75, 3.05) is 4.90 Å². The highest BCUT2D eigenvalue weighted by Gasteiger charge is 2.39. The summed E-state index contributed by atoms with van der Waals surface area (Å²) >= 11 is 1.91. The lowest BCUT2D eigenvalue weighted by atomic mass is 9.82. The van der Waals surface area contributed by atoms with Crippen molar-refractivity contribution in [3.05, 3.63) is 144 Å². The Balaban J connectivity index is 1.25. The standard InChI is InChI=1S/C40H28N2S/c1-40(2)33-12-6-3-9-26(33)29-17-18-30-32-22-25(16-20-37(32)43-39(30)38(29)40)31-21-24(23-41)15-19-36(31)42-34-13-7-4-10-27(34)28-11-5-8-14-35(28)42/h3-22,27,34H,1-2H3. The number of nitriles is 1. The van der Waals surface area contributed by atoms with E-state index in [0.29, 0.717) is 11.5 Å². The molecule has 43 heavy (non-hydrogen) atoms. The fourth-order valence-electron chi connectivity index (χ4n) is 7.87. The molecule has 5 aromatic carbocycles. The molecule has 0 saturated heterocycles. The molecule has 2 nitrogen and oxygen atoms in total. The molecule has 6 aromatic rings. The lowest BCUT2D eigenvalue weighted by Crippen LogP contribution is -2.29. The monoisotopic (exact) mass is 568 g/mol. The summed E-state index contributed by atoms with van der Waals surface area (Å²) in [6.45, 7) is 4.73. The van der Waals surface area contributed by atoms with E-state index in [1.165, 1.54) is 53.7 Å². The van der Waals surface area contributed by atoms with Gasteiger partial charge in [0.1, 0.15) is 0 Å². The molecule has 2 heterocycles. The van der Waals surface area contributed by atoms with Gasteiger partial charge in [-0.15, -0.1) is 11.3 Å². The Labute approximate surface area is 255 Å². The summed E-state index contributed by atoms with van der Waals surface area (Å²) in [5.74, 6) is 0.308. The molecule has 1 aromatic heterocycles. The van der Waals surface area contributed by atoms with Crippen molar-refractivity contribution in [2.45, 2.75) is 31.2 Å². The first kappa shape index (κ1) is 24.7. The van der Waals surface area contributed by atoms with Crippen molar-refractivity contribution < 1.29 is 0 Å². The third kappa shape index (κ3) is 3.33. The lowest BCUT2D eigenvalue weighted by molar-refractivity contribution is 0.667. The van der Waals surface area contributed by atoms with Crippen LogP contribution in [0.4, 0.5) is 11.4 Å². The highest BCUT2D eigenvalue weighted by Crippen LogP contribution is 2.54. The van der Waals surface area contributed by atoms with Crippen LogP contribution in [0.2, 0.25) is 0 Å². The van der Waals surface area contributed by atoms with E-state index in [9.17, 15) is 5.26 Å². The molecule has 1 aliphatic heterocycles. The molecule has 0 saturated carbocycles. The number of allylic oxidation sites excluding steroid dienone is 2. The van der Waals surface area contributed by atoms with Gasteiger partial charge in [-0.3, -0.25) is 0 Å². The number of benzene rings is 5. The quantitative estimate of drug-likeness (QED) is 0.208. The van der Waals surface area contributed by atoms with E-state index in [1.54, 1.807) is 0 Å². The number of hydrogen-bond acceptors (Lipinski definition) is 3. The predicted molar refractivity (Wildman–Crippen MR) is 180 cm³/mol. The van der Waals surface area contributed by atoms with Gasteiger partial charge >= 0.3 is 0 Å². The maximum Gasteiger partial charge on any atom is 0.0991 e. The van der Waals surface area contributed by atoms with E-state index in [1.807, 2.05) is 17.4 Å². The molecule has 3 heteroatoms. The minimum Gasteiger partial charge on any atom is -0.333 e. The number of nitrogens with zero attached hydrogens (tertiary/aromatic N) is 2. The van der Waals surface area contributed by atoms with Crippen LogP contribution in [0.1, 0.15) is 42.0 Å². The largest absolute Gasteiger partial charge is 0.333 e. The van der Waals surface area contributed by atoms with Crippen LogP contribution in [0.5, 0.6) is 0 Å². The number of hydrogen-bond donors (Lipinski definition) is 0. The van der Waals surface area contributed by atoms with Gasteiger partial charge in [0, 0.05) is 48.4 Å². The van der Waals surface area contributed by atoms with E-state index in [2.05, 4.69) is 140 Å². The zero-order valence-corrected chi connectivity index (χ0v) is 24.8. The Morgan fingerprint density at radius 3 is 2.49 bits per heavy atom. The minimum absolute atomic E-state index is 0.0505. The third-order valence-corrected chi connectivity index (χ3v) is 11.0. The molecule has 0 bridgehead atoms.